The zero-order chi connectivity index (χ0) is 20.9. The molecule has 3 rings (SSSR count). The Balaban J connectivity index is 2.27. The Kier molecular flexibility index (Phi) is 6.37. The Morgan fingerprint density at radius 1 is 1.04 bits per heavy atom. The van der Waals surface area contributed by atoms with E-state index in [0.717, 1.165) is 4.47 Å². The van der Waals surface area contributed by atoms with Crippen molar-refractivity contribution in [3.05, 3.63) is 63.6 Å². The first-order chi connectivity index (χ1) is 12.8. The number of hydrogen-bond acceptors (Lipinski definition) is 1. The van der Waals surface area contributed by atoms with Gasteiger partial charge in [-0.3, -0.25) is 0 Å². The van der Waals surface area contributed by atoms with Gasteiger partial charge in [0.1, 0.15) is 0 Å². The van der Waals surface area contributed by atoms with Gasteiger partial charge in [-0.25, -0.2) is 0 Å². The molecule has 28 heavy (non-hydrogen) atoms. The zero-order valence-electron chi connectivity index (χ0n) is 17.4. The number of hydrogen-bond donors (Lipinski definition) is 1. The maximum absolute atomic E-state index is 7.68. The van der Waals surface area contributed by atoms with Gasteiger partial charge in [0.15, 0.2) is 0 Å². The minimum absolute atomic E-state index is 0.0868. The second-order valence-corrected chi connectivity index (χ2v) is 50.9. The Bertz CT molecular complexity index is 936. The molecule has 2 aromatic rings. The summed E-state index contributed by atoms with van der Waals surface area (Å²) >= 11 is -0.536. The van der Waals surface area contributed by atoms with Crippen molar-refractivity contribution in [2.75, 3.05) is 0 Å². The number of fused-ring (bicyclic) bond motifs is 1. The van der Waals surface area contributed by atoms with Gasteiger partial charge >= 0.3 is 189 Å². The van der Waals surface area contributed by atoms with Crippen molar-refractivity contribution in [3.63, 3.8) is 0 Å². The van der Waals surface area contributed by atoms with Crippen molar-refractivity contribution in [1.82, 2.24) is 3.26 Å². The van der Waals surface area contributed by atoms with E-state index in [0.29, 0.717) is 0 Å². The molecule has 1 atom stereocenters. The summed E-state index contributed by atoms with van der Waals surface area (Å²) in [6.45, 7) is 13.3. The standard InChI is InChI=1S/C16H12Br.C4H10N.C2H7Si.2ClH.Zr/c1-11-9-14-13(12-5-3-2-4-6-12)7-8-16(17)15(14)10-11;1-4(2,3)5;1-3-2;;;/h2-10H,1H3;5H,1-3H3;3H,1-2H3;2*1H;/q;-1;;;;+3/p-2. The molecule has 151 valence electrons. The van der Waals surface area contributed by atoms with E-state index < -0.39 is 21.8 Å². The molecule has 0 aromatic heterocycles. The summed E-state index contributed by atoms with van der Waals surface area (Å²) in [5.41, 5.74) is 6.15. The molecule has 0 radical (unpaired) electrons. The van der Waals surface area contributed by atoms with Crippen molar-refractivity contribution in [1.29, 1.82) is 0 Å². The van der Waals surface area contributed by atoms with E-state index in [4.69, 9.17) is 17.0 Å². The van der Waals surface area contributed by atoms with Crippen LogP contribution in [0.4, 0.5) is 0 Å². The first-order valence-corrected chi connectivity index (χ1v) is 26.7. The molecule has 6 heteroatoms. The summed E-state index contributed by atoms with van der Waals surface area (Å²) in [5, 5.41) is 0. The van der Waals surface area contributed by atoms with Gasteiger partial charge in [0.2, 0.25) is 0 Å². The molecule has 1 aliphatic rings. The first-order valence-electron chi connectivity index (χ1n) is 9.78. The van der Waals surface area contributed by atoms with E-state index in [1.165, 1.54) is 27.8 Å². The van der Waals surface area contributed by atoms with E-state index in [1.807, 2.05) is 0 Å². The second-order valence-electron chi connectivity index (χ2n) is 9.29. The van der Waals surface area contributed by atoms with Crippen LogP contribution >= 0.6 is 33.0 Å². The summed E-state index contributed by atoms with van der Waals surface area (Å²) in [5.74, 6) is -1.41. The normalized spacial score (nSPS) is 18.6. The van der Waals surface area contributed by atoms with Crippen LogP contribution in [0.1, 0.15) is 42.4 Å². The fourth-order valence-corrected chi connectivity index (χ4v) is 33.5. The van der Waals surface area contributed by atoms with Crippen molar-refractivity contribution < 1.29 is 15.8 Å². The zero-order valence-corrected chi connectivity index (χ0v) is 24.1. The quantitative estimate of drug-likeness (QED) is 0.365. The SMILES string of the molecule is CC1=Cc2c(-c3ccccc3)ccc(Br)c2[CH]1[Zr]([Cl])([Cl])([NH]C(C)(C)C)[SiH](C)C. The molecule has 0 spiro atoms. The van der Waals surface area contributed by atoms with Crippen LogP contribution < -0.4 is 3.26 Å². The molecular formula is C22H29BrCl2NSiZr. The molecule has 0 heterocycles. The molecule has 2 aromatic carbocycles. The number of benzene rings is 2. The van der Waals surface area contributed by atoms with Crippen LogP contribution in [0.3, 0.4) is 0 Å². The summed E-state index contributed by atoms with van der Waals surface area (Å²) in [6.07, 6.45) is 2.31. The number of halogens is 3. The molecular weight excluding hydrogens is 548 g/mol. The molecule has 1 aliphatic carbocycles. The second kappa shape index (κ2) is 7.77. The molecule has 0 saturated carbocycles. The topological polar surface area (TPSA) is 12.0 Å². The Labute approximate surface area is 187 Å². The van der Waals surface area contributed by atoms with Crippen molar-refractivity contribution >= 4 is 45.0 Å². The van der Waals surface area contributed by atoms with E-state index in [9.17, 15) is 0 Å². The number of allylic oxidation sites excluding steroid dienone is 1. The van der Waals surface area contributed by atoms with Gasteiger partial charge in [0.25, 0.3) is 0 Å². The van der Waals surface area contributed by atoms with E-state index in [-0.39, 0.29) is 9.16 Å². The molecule has 0 aliphatic heterocycles. The summed E-state index contributed by atoms with van der Waals surface area (Å²) < 4.78 is 5.04. The molecule has 1 N–H and O–H groups in total. The maximum atomic E-state index is 7.68. The third-order valence-electron chi connectivity index (χ3n) is 5.64. The molecule has 1 unspecified atom stereocenters. The Morgan fingerprint density at radius 2 is 1.64 bits per heavy atom. The van der Waals surface area contributed by atoms with Gasteiger partial charge in [-0.05, 0) is 0 Å². The van der Waals surface area contributed by atoms with Crippen molar-refractivity contribution in [2.45, 2.75) is 50.0 Å². The van der Waals surface area contributed by atoms with Crippen LogP contribution in [0.5, 0.6) is 0 Å². The summed E-state index contributed by atoms with van der Waals surface area (Å²) in [6, 6.07) is 14.9. The van der Waals surface area contributed by atoms with Crippen LogP contribution in [0, 0.1) is 0 Å². The Hall–Kier alpha value is 0.300. The van der Waals surface area contributed by atoms with E-state index in [1.54, 1.807) is 0 Å². The van der Waals surface area contributed by atoms with Crippen LogP contribution in [-0.4, -0.2) is 11.5 Å². The number of rotatable bonds is 4. The van der Waals surface area contributed by atoms with Crippen molar-refractivity contribution in [3.8, 4) is 11.1 Å². The molecule has 0 fully saturated rings. The van der Waals surface area contributed by atoms with Gasteiger partial charge in [-0.1, -0.05) is 0 Å². The molecule has 0 saturated heterocycles. The average Bonchev–Trinajstić information content (AvgIpc) is 2.93. The van der Waals surface area contributed by atoms with Gasteiger partial charge in [-0.15, -0.1) is 0 Å². The van der Waals surface area contributed by atoms with Crippen LogP contribution in [0.25, 0.3) is 17.2 Å². The van der Waals surface area contributed by atoms with Gasteiger partial charge in [-0.2, -0.15) is 0 Å². The fourth-order valence-electron chi connectivity index (χ4n) is 4.42. The number of nitrogens with one attached hydrogen (secondary N) is 1. The van der Waals surface area contributed by atoms with Gasteiger partial charge in [0, 0.05) is 0 Å². The van der Waals surface area contributed by atoms with Crippen LogP contribution in [0.2, 0.25) is 13.1 Å². The predicted molar refractivity (Wildman–Crippen MR) is 129 cm³/mol. The van der Waals surface area contributed by atoms with E-state index in [2.05, 4.69) is 109 Å². The van der Waals surface area contributed by atoms with Gasteiger partial charge < -0.3 is 0 Å². The van der Waals surface area contributed by atoms with Crippen LogP contribution in [-0.2, 0) is 15.8 Å². The summed E-state index contributed by atoms with van der Waals surface area (Å²) in [7, 11) is 15.4. The first kappa shape index (κ1) is 23.0. The molecule has 0 amide bonds. The monoisotopic (exact) mass is 574 g/mol. The van der Waals surface area contributed by atoms with Crippen molar-refractivity contribution in [2.24, 2.45) is 0 Å². The molecule has 0 bridgehead atoms. The summed E-state index contributed by atoms with van der Waals surface area (Å²) in [4.78, 5) is 0. The average molecular weight is 578 g/mol. The third-order valence-corrected chi connectivity index (χ3v) is 53.5. The fraction of sp³-hybridized carbons (Fsp3) is 0.364. The predicted octanol–water partition coefficient (Wildman–Crippen LogP) is 7.86. The Morgan fingerprint density at radius 3 is 2.18 bits per heavy atom. The van der Waals surface area contributed by atoms with E-state index >= 15 is 0 Å². The molecule has 1 nitrogen and oxygen atoms in total. The van der Waals surface area contributed by atoms with Crippen LogP contribution in [0.15, 0.2) is 52.5 Å². The third kappa shape index (κ3) is 4.07. The van der Waals surface area contributed by atoms with Gasteiger partial charge in [0.05, 0.1) is 0 Å². The minimum atomic E-state index is -4.37.